The molecular formula is C25H25IN2O5S. The zero-order chi connectivity index (χ0) is 24.8. The second-order valence-corrected chi connectivity index (χ2v) is 8.80. The molecule has 1 amide bonds. The fraction of sp³-hybridized carbons (Fsp3) is 0.240. The van der Waals surface area contributed by atoms with Gasteiger partial charge in [-0.25, -0.2) is 0 Å². The van der Waals surface area contributed by atoms with Gasteiger partial charge < -0.3 is 19.1 Å². The number of aryl methyl sites for hydroxylation is 1. The molecule has 3 rings (SSSR count). The highest BCUT2D eigenvalue weighted by atomic mass is 127. The normalized spacial score (nSPS) is 14.5. The van der Waals surface area contributed by atoms with E-state index in [1.807, 2.05) is 30.3 Å². The molecule has 0 radical (unpaired) electrons. The Hall–Kier alpha value is -2.92. The third kappa shape index (κ3) is 5.41. The number of hydrogen-bond donors (Lipinski definition) is 0. The fourth-order valence-corrected chi connectivity index (χ4v) is 4.53. The van der Waals surface area contributed by atoms with E-state index in [9.17, 15) is 9.59 Å². The highest BCUT2D eigenvalue weighted by Gasteiger charge is 2.40. The maximum atomic E-state index is 13.5. The third-order valence-electron chi connectivity index (χ3n) is 5.15. The molecule has 9 heteroatoms. The van der Waals surface area contributed by atoms with Crippen LogP contribution in [0.25, 0.3) is 6.08 Å². The van der Waals surface area contributed by atoms with Gasteiger partial charge in [-0.1, -0.05) is 31.7 Å². The molecule has 2 aromatic carbocycles. The van der Waals surface area contributed by atoms with Crippen LogP contribution in [0.3, 0.4) is 0 Å². The minimum Gasteiger partial charge on any atom is -0.493 e. The maximum Gasteiger partial charge on any atom is 0.325 e. The van der Waals surface area contributed by atoms with Crippen LogP contribution in [0.1, 0.15) is 18.1 Å². The van der Waals surface area contributed by atoms with Crippen LogP contribution in [0.4, 0.5) is 5.69 Å². The molecule has 0 unspecified atom stereocenters. The van der Waals surface area contributed by atoms with Gasteiger partial charge in [0.05, 0.1) is 23.5 Å². The molecule has 7 nitrogen and oxygen atoms in total. The largest absolute Gasteiger partial charge is 0.493 e. The number of benzene rings is 2. The zero-order valence-electron chi connectivity index (χ0n) is 19.2. The lowest BCUT2D eigenvalue weighted by atomic mass is 10.1. The van der Waals surface area contributed by atoms with Gasteiger partial charge >= 0.3 is 5.97 Å². The Morgan fingerprint density at radius 3 is 2.50 bits per heavy atom. The number of carbonyl (C=O) groups excluding carboxylic acids is 2. The molecule has 0 aromatic heterocycles. The molecule has 0 N–H and O–H groups in total. The van der Waals surface area contributed by atoms with Crippen LogP contribution in [-0.4, -0.2) is 49.3 Å². The predicted octanol–water partition coefficient (Wildman–Crippen LogP) is 4.57. The fourth-order valence-electron chi connectivity index (χ4n) is 3.40. The van der Waals surface area contributed by atoms with Gasteiger partial charge in [-0.3, -0.25) is 14.5 Å². The molecule has 1 fully saturated rings. The van der Waals surface area contributed by atoms with E-state index < -0.39 is 5.97 Å². The lowest BCUT2D eigenvalue weighted by molar-refractivity contribution is -0.140. The second kappa shape index (κ2) is 11.5. The van der Waals surface area contributed by atoms with E-state index in [0.29, 0.717) is 29.4 Å². The molecular weight excluding hydrogens is 567 g/mol. The minimum absolute atomic E-state index is 0.189. The monoisotopic (exact) mass is 592 g/mol. The molecule has 34 heavy (non-hydrogen) atoms. The molecule has 1 heterocycles. The van der Waals surface area contributed by atoms with Gasteiger partial charge in [0, 0.05) is 0 Å². The Labute approximate surface area is 218 Å². The molecule has 0 aliphatic carbocycles. The van der Waals surface area contributed by atoms with Crippen molar-refractivity contribution in [2.75, 3.05) is 32.3 Å². The summed E-state index contributed by atoms with van der Waals surface area (Å²) >= 11 is 7.76. The summed E-state index contributed by atoms with van der Waals surface area (Å²) in [4.78, 5) is 28.5. The molecule has 1 saturated heterocycles. The van der Waals surface area contributed by atoms with Gasteiger partial charge in [-0.15, -0.1) is 0 Å². The average Bonchev–Trinajstić information content (AvgIpc) is 3.06. The van der Waals surface area contributed by atoms with Crippen LogP contribution in [0, 0.1) is 3.57 Å². The number of esters is 1. The number of carbonyl (C=O) groups is 2. The molecule has 178 valence electrons. The van der Waals surface area contributed by atoms with Gasteiger partial charge in [0.2, 0.25) is 0 Å². The summed E-state index contributed by atoms with van der Waals surface area (Å²) in [5.74, 6) is 0.256. The first-order valence-electron chi connectivity index (χ1n) is 10.5. The van der Waals surface area contributed by atoms with Crippen molar-refractivity contribution < 1.29 is 23.8 Å². The lowest BCUT2D eigenvalue weighted by Crippen LogP contribution is -2.35. The van der Waals surface area contributed by atoms with Crippen molar-refractivity contribution in [2.45, 2.75) is 13.3 Å². The van der Waals surface area contributed by atoms with Crippen molar-refractivity contribution in [2.24, 2.45) is 0 Å². The molecule has 1 aliphatic rings. The lowest BCUT2D eigenvalue weighted by Gasteiger charge is -2.19. The van der Waals surface area contributed by atoms with Crippen LogP contribution in [-0.2, 0) is 20.7 Å². The van der Waals surface area contributed by atoms with Crippen molar-refractivity contribution in [3.8, 4) is 11.5 Å². The Morgan fingerprint density at radius 2 is 1.91 bits per heavy atom. The van der Waals surface area contributed by atoms with E-state index >= 15 is 0 Å². The van der Waals surface area contributed by atoms with Gasteiger partial charge in [0.15, 0.2) is 16.6 Å². The summed E-state index contributed by atoms with van der Waals surface area (Å²) < 4.78 is 16.8. The van der Waals surface area contributed by atoms with Crippen LogP contribution in [0.15, 0.2) is 54.8 Å². The third-order valence-corrected chi connectivity index (χ3v) is 6.36. The van der Waals surface area contributed by atoms with Crippen LogP contribution < -0.4 is 14.4 Å². The quantitative estimate of drug-likeness (QED) is 0.139. The average molecular weight is 592 g/mol. The van der Waals surface area contributed by atoms with Gasteiger partial charge in [0.25, 0.3) is 5.91 Å². The maximum absolute atomic E-state index is 13.5. The number of nitrogens with zero attached hydrogens (tertiary/aromatic N) is 2. The number of rotatable bonds is 9. The standard InChI is InChI=1S/C25H25IN2O5S/c1-5-11-33-23-19(26)12-17(14-21(23)31-3)13-20-24(30)28(18-9-7-16(6-2)8-10-18)25(34)27(20)15-22(29)32-4/h5,7-10,12-14H,1,6,11,15H2,2-4H3/b20-13-. The summed E-state index contributed by atoms with van der Waals surface area (Å²) in [5, 5.41) is 0.207. The zero-order valence-corrected chi connectivity index (χ0v) is 22.1. The molecule has 0 atom stereocenters. The Balaban J connectivity index is 2.06. The van der Waals surface area contributed by atoms with E-state index in [4.69, 9.17) is 26.4 Å². The number of ether oxygens (including phenoxy) is 3. The van der Waals surface area contributed by atoms with Gasteiger partial charge in [-0.2, -0.15) is 0 Å². The van der Waals surface area contributed by atoms with Crippen molar-refractivity contribution in [1.82, 2.24) is 4.90 Å². The van der Waals surface area contributed by atoms with Crippen molar-refractivity contribution in [1.29, 1.82) is 0 Å². The van der Waals surface area contributed by atoms with Crippen LogP contribution in [0.2, 0.25) is 0 Å². The van der Waals surface area contributed by atoms with Gasteiger partial charge in [-0.05, 0) is 82.7 Å². The molecule has 0 bridgehead atoms. The second-order valence-electron chi connectivity index (χ2n) is 7.27. The van der Waals surface area contributed by atoms with E-state index in [2.05, 4.69) is 36.1 Å². The van der Waals surface area contributed by atoms with Crippen molar-refractivity contribution in [3.63, 3.8) is 0 Å². The van der Waals surface area contributed by atoms with E-state index in [-0.39, 0.29) is 23.3 Å². The summed E-state index contributed by atoms with van der Waals surface area (Å²) in [6.07, 6.45) is 4.21. The number of anilines is 1. The molecule has 2 aromatic rings. The number of methoxy groups -OCH3 is 2. The summed E-state index contributed by atoms with van der Waals surface area (Å²) in [6.45, 7) is 5.87. The predicted molar refractivity (Wildman–Crippen MR) is 144 cm³/mol. The first-order valence-corrected chi connectivity index (χ1v) is 12.0. The van der Waals surface area contributed by atoms with E-state index in [1.165, 1.54) is 16.9 Å². The van der Waals surface area contributed by atoms with E-state index in [0.717, 1.165) is 15.6 Å². The number of halogens is 1. The molecule has 0 spiro atoms. The molecule has 0 saturated carbocycles. The van der Waals surface area contributed by atoms with Crippen molar-refractivity contribution in [3.05, 3.63) is 69.4 Å². The Bertz CT molecular complexity index is 1150. The number of thiocarbonyl (C=S) groups is 1. The smallest absolute Gasteiger partial charge is 0.325 e. The Kier molecular flexibility index (Phi) is 8.67. The van der Waals surface area contributed by atoms with Crippen LogP contribution in [0.5, 0.6) is 11.5 Å². The topological polar surface area (TPSA) is 68.3 Å². The first-order chi connectivity index (χ1) is 16.3. The highest BCUT2D eigenvalue weighted by molar-refractivity contribution is 14.1. The molecule has 1 aliphatic heterocycles. The number of amides is 1. The van der Waals surface area contributed by atoms with Crippen LogP contribution >= 0.6 is 34.8 Å². The SMILES string of the molecule is C=CCOc1c(I)cc(/C=C2/C(=O)N(c3ccc(CC)cc3)C(=S)N2CC(=O)OC)cc1OC. The van der Waals surface area contributed by atoms with E-state index in [1.54, 1.807) is 25.3 Å². The number of hydrogen-bond acceptors (Lipinski definition) is 6. The summed E-state index contributed by atoms with van der Waals surface area (Å²) in [6, 6.07) is 11.2. The minimum atomic E-state index is -0.510. The summed E-state index contributed by atoms with van der Waals surface area (Å²) in [7, 11) is 2.84. The van der Waals surface area contributed by atoms with Crippen molar-refractivity contribution >= 4 is 63.6 Å². The van der Waals surface area contributed by atoms with Gasteiger partial charge in [0.1, 0.15) is 18.8 Å². The first kappa shape index (κ1) is 25.7. The Morgan fingerprint density at radius 1 is 1.21 bits per heavy atom. The summed E-state index contributed by atoms with van der Waals surface area (Å²) in [5.41, 5.74) is 2.72. The highest BCUT2D eigenvalue weighted by Crippen LogP contribution is 2.36.